The van der Waals surface area contributed by atoms with Gasteiger partial charge in [0.05, 0.1) is 34.8 Å². The number of nitrogens with zero attached hydrogens (tertiary/aromatic N) is 5. The molecule has 0 unspecified atom stereocenters. The molecule has 17 heteroatoms. The molecule has 13 nitrogen and oxygen atoms in total. The molecule has 1 aliphatic carbocycles. The van der Waals surface area contributed by atoms with Gasteiger partial charge in [-0.25, -0.2) is 23.6 Å². The minimum Gasteiger partial charge on any atom is -0.397 e. The van der Waals surface area contributed by atoms with Gasteiger partial charge in [0.1, 0.15) is 16.4 Å². The van der Waals surface area contributed by atoms with Gasteiger partial charge in [0.25, 0.3) is 0 Å². The van der Waals surface area contributed by atoms with Gasteiger partial charge in [-0.05, 0) is 73.4 Å². The second kappa shape index (κ2) is 19.8. The number of hydrogen-bond donors (Lipinski definition) is 3. The highest BCUT2D eigenvalue weighted by Gasteiger charge is 2.37. The van der Waals surface area contributed by atoms with Gasteiger partial charge in [-0.1, -0.05) is 19.3 Å². The number of allylic oxidation sites excluding steroid dienone is 1. The highest BCUT2D eigenvalue weighted by Crippen LogP contribution is 2.55. The van der Waals surface area contributed by atoms with Crippen molar-refractivity contribution in [3.05, 3.63) is 58.8 Å². The molecule has 3 heterocycles. The predicted octanol–water partition coefficient (Wildman–Crippen LogP) is 7.14. The molecule has 3 aromatic heterocycles. The number of phosphoric acid groups is 1. The summed E-state index contributed by atoms with van der Waals surface area (Å²) in [6, 6.07) is 2.25. The second-order valence-electron chi connectivity index (χ2n) is 13.0. The third-order valence-electron chi connectivity index (χ3n) is 6.26. The lowest BCUT2D eigenvalue weighted by atomic mass is 9.96. The average Bonchev–Trinajstić information content (AvgIpc) is 3.71. The van der Waals surface area contributed by atoms with Gasteiger partial charge in [0.2, 0.25) is 5.95 Å². The van der Waals surface area contributed by atoms with Crippen molar-refractivity contribution in [2.45, 2.75) is 105 Å². The molecule has 1 saturated carbocycles. The van der Waals surface area contributed by atoms with E-state index in [1.54, 1.807) is 79.5 Å². The van der Waals surface area contributed by atoms with Crippen molar-refractivity contribution in [3.63, 3.8) is 0 Å². The van der Waals surface area contributed by atoms with Crippen molar-refractivity contribution in [3.8, 4) is 10.6 Å². The van der Waals surface area contributed by atoms with Crippen LogP contribution < -0.4 is 11.1 Å². The van der Waals surface area contributed by atoms with Gasteiger partial charge in [-0.2, -0.15) is 9.49 Å². The number of nitrogens with two attached hydrogens (primary N) is 1. The van der Waals surface area contributed by atoms with Crippen LogP contribution in [0.3, 0.4) is 0 Å². The number of pyridine rings is 1. The zero-order valence-electron chi connectivity index (χ0n) is 30.0. The number of aliphatic hydroxyl groups is 1. The Balaban J connectivity index is 0.000000327. The van der Waals surface area contributed by atoms with Crippen LogP contribution in [-0.2, 0) is 24.9 Å². The monoisotopic (exact) mass is 741 g/mol. The summed E-state index contributed by atoms with van der Waals surface area (Å²) in [6.45, 7) is 12.4. The van der Waals surface area contributed by atoms with Gasteiger partial charge in [-0.15, -0.1) is 11.3 Å². The van der Waals surface area contributed by atoms with Gasteiger partial charge in [0, 0.05) is 37.0 Å². The van der Waals surface area contributed by atoms with Gasteiger partial charge in [-0.3, -0.25) is 23.4 Å². The van der Waals surface area contributed by atoms with Gasteiger partial charge >= 0.3 is 7.82 Å². The van der Waals surface area contributed by atoms with Crippen molar-refractivity contribution < 1.29 is 36.8 Å². The Kier molecular flexibility index (Phi) is 17.0. The summed E-state index contributed by atoms with van der Waals surface area (Å²) in [5, 5.41) is 16.9. The maximum Gasteiger partial charge on any atom is 0.477 e. The number of aliphatic hydroxyl groups excluding tert-OH is 1. The van der Waals surface area contributed by atoms with Crippen LogP contribution in [0.5, 0.6) is 0 Å². The SMILES string of the molecule is CC(C)(C)OP(=O)(OCn1cc(-c2nc(C=O)cs2)cn1)OC(C)(C)C.CCO.CN/C(C=NC1CCCCC1)=C(/N)c1nc(F)ccc1F. The summed E-state index contributed by atoms with van der Waals surface area (Å²) >= 11 is 1.34. The minimum atomic E-state index is -3.81. The Morgan fingerprint density at radius 3 is 2.30 bits per heavy atom. The molecule has 0 amide bonds. The van der Waals surface area contributed by atoms with E-state index in [1.165, 1.54) is 35.3 Å². The minimum absolute atomic E-state index is 0.0501. The molecule has 3 aromatic rings. The zero-order chi connectivity index (χ0) is 37.5. The molecule has 0 radical (unpaired) electrons. The van der Waals surface area contributed by atoms with Crippen LogP contribution in [0, 0.1) is 11.8 Å². The van der Waals surface area contributed by atoms with E-state index in [0.29, 0.717) is 22.7 Å². The van der Waals surface area contributed by atoms with Crippen LogP contribution in [0.2, 0.25) is 0 Å². The van der Waals surface area contributed by atoms with E-state index in [1.807, 2.05) is 0 Å². The first-order chi connectivity index (χ1) is 23.4. The first-order valence-corrected chi connectivity index (χ1v) is 18.5. The van der Waals surface area contributed by atoms with Crippen molar-refractivity contribution >= 4 is 37.4 Å². The zero-order valence-corrected chi connectivity index (χ0v) is 31.7. The summed E-state index contributed by atoms with van der Waals surface area (Å²) in [6.07, 6.45) is 11.3. The largest absolute Gasteiger partial charge is 0.477 e. The first-order valence-electron chi connectivity index (χ1n) is 16.2. The Hall–Kier alpha value is -3.40. The maximum absolute atomic E-state index is 13.7. The summed E-state index contributed by atoms with van der Waals surface area (Å²) in [5.41, 5.74) is 5.87. The summed E-state index contributed by atoms with van der Waals surface area (Å²) in [4.78, 5) is 22.9. The van der Waals surface area contributed by atoms with Crippen LogP contribution >= 0.6 is 19.2 Å². The Labute approximate surface area is 297 Å². The molecule has 0 atom stereocenters. The molecular weight excluding hydrogens is 691 g/mol. The molecule has 1 aliphatic rings. The molecule has 0 aliphatic heterocycles. The van der Waals surface area contributed by atoms with Crippen LogP contribution in [-0.4, -0.2) is 68.3 Å². The number of halogens is 2. The van der Waals surface area contributed by atoms with Crippen LogP contribution in [0.15, 0.2) is 40.6 Å². The quantitative estimate of drug-likeness (QED) is 0.0788. The summed E-state index contributed by atoms with van der Waals surface area (Å²) in [5.74, 6) is -1.43. The molecule has 278 valence electrons. The van der Waals surface area contributed by atoms with Crippen molar-refractivity contribution in [2.75, 3.05) is 13.7 Å². The Morgan fingerprint density at radius 2 is 1.76 bits per heavy atom. The summed E-state index contributed by atoms with van der Waals surface area (Å²) < 4.78 is 57.9. The number of carbonyl (C=O) groups is 1. The van der Waals surface area contributed by atoms with E-state index in [0.717, 1.165) is 30.5 Å². The fourth-order valence-electron chi connectivity index (χ4n) is 4.30. The fourth-order valence-corrected chi connectivity index (χ4v) is 6.79. The molecule has 50 heavy (non-hydrogen) atoms. The van der Waals surface area contributed by atoms with E-state index >= 15 is 0 Å². The fraction of sp³-hybridized carbons (Fsp3) is 0.545. The topological polar surface area (TPSA) is 176 Å². The van der Waals surface area contributed by atoms with E-state index in [-0.39, 0.29) is 30.8 Å². The first kappa shape index (κ1) is 42.8. The normalized spacial score (nSPS) is 14.7. The smallest absolute Gasteiger partial charge is 0.397 e. The molecule has 0 bridgehead atoms. The number of phosphoric ester groups is 1. The van der Waals surface area contributed by atoms with Crippen molar-refractivity contribution in [1.82, 2.24) is 25.1 Å². The molecule has 0 aromatic carbocycles. The molecular formula is C33H50F2N7O6PS. The highest BCUT2D eigenvalue weighted by molar-refractivity contribution is 7.48. The van der Waals surface area contributed by atoms with Crippen LogP contribution in [0.1, 0.15) is 96.8 Å². The number of nitrogens with one attached hydrogen (secondary N) is 1. The van der Waals surface area contributed by atoms with E-state index < -0.39 is 30.8 Å². The molecule has 4 rings (SSSR count). The summed E-state index contributed by atoms with van der Waals surface area (Å²) in [7, 11) is -2.15. The second-order valence-corrected chi connectivity index (χ2v) is 15.4. The lowest BCUT2D eigenvalue weighted by molar-refractivity contribution is -0.00758. The third kappa shape index (κ3) is 15.2. The van der Waals surface area contributed by atoms with E-state index in [2.05, 4.69) is 25.4 Å². The molecule has 0 saturated heterocycles. The number of aliphatic imine (C=N–C) groups is 1. The number of carbonyl (C=O) groups excluding carboxylic acids is 1. The molecule has 1 fully saturated rings. The van der Waals surface area contributed by atoms with Crippen LogP contribution in [0.25, 0.3) is 16.3 Å². The van der Waals surface area contributed by atoms with Gasteiger partial charge < -0.3 is 16.2 Å². The van der Waals surface area contributed by atoms with Crippen molar-refractivity contribution in [1.29, 1.82) is 0 Å². The average molecular weight is 742 g/mol. The Bertz CT molecular complexity index is 1590. The number of aromatic nitrogens is 4. The van der Waals surface area contributed by atoms with Gasteiger partial charge in [0.15, 0.2) is 18.8 Å². The molecule has 4 N–H and O–H groups in total. The number of thiazole rings is 1. The molecule has 0 spiro atoms. The van der Waals surface area contributed by atoms with E-state index in [4.69, 9.17) is 24.4 Å². The number of aldehydes is 1. The lowest BCUT2D eigenvalue weighted by Crippen LogP contribution is -2.25. The predicted molar refractivity (Wildman–Crippen MR) is 192 cm³/mol. The van der Waals surface area contributed by atoms with Crippen LogP contribution in [0.4, 0.5) is 8.78 Å². The van der Waals surface area contributed by atoms with E-state index in [9.17, 15) is 18.1 Å². The number of rotatable bonds is 11. The maximum atomic E-state index is 13.7. The lowest BCUT2D eigenvalue weighted by Gasteiger charge is -2.30. The highest BCUT2D eigenvalue weighted by atomic mass is 32.1. The van der Waals surface area contributed by atoms with Crippen molar-refractivity contribution in [2.24, 2.45) is 10.7 Å². The standard InChI is InChI=1S/C16H24N3O5PS.C15H20F2N4.C2H6O/c1-15(2,3)23-25(21,24-16(4,5)6)22-11-19-8-12(7-17-19)14-18-13(9-20)10-26-14;1-19-12(9-20-10-5-3-2-4-6-10)14(18)15-11(16)7-8-13(17)21-15;1-2-3/h7-10H,11H2,1-6H3;7-10,19H,2-6,18H2,1H3;3H,2H2,1H3/b;14-12+,20-9?;. The Morgan fingerprint density at radius 1 is 1.14 bits per heavy atom. The number of hydrogen-bond acceptors (Lipinski definition) is 13. The third-order valence-corrected chi connectivity index (χ3v) is 9.14.